The largest absolute Gasteiger partial charge is 0.257 e. The van der Waals surface area contributed by atoms with Crippen LogP contribution >= 0.6 is 0 Å². The van der Waals surface area contributed by atoms with Crippen LogP contribution in [0.25, 0.3) is 0 Å². The zero-order valence-corrected chi connectivity index (χ0v) is 8.16. The molecule has 0 saturated carbocycles. The van der Waals surface area contributed by atoms with Crippen molar-refractivity contribution in [2.24, 2.45) is 0 Å². The first-order chi connectivity index (χ1) is 6.15. The lowest BCUT2D eigenvalue weighted by Gasteiger charge is -1.86. The van der Waals surface area contributed by atoms with E-state index in [1.165, 1.54) is 0 Å². The van der Waals surface area contributed by atoms with Crippen LogP contribution in [-0.2, 0) is 16.8 Å². The van der Waals surface area contributed by atoms with Crippen LogP contribution in [0.2, 0.25) is 0 Å². The molecule has 0 aliphatic carbocycles. The van der Waals surface area contributed by atoms with Crippen molar-refractivity contribution in [2.45, 2.75) is 13.5 Å². The standard InChI is InChI=1S/C8H11N2O2S/c1-3-4-9-5-6-10(7-9)8(2)13(11)12/h3,5-7H,1,4H2,2H3/q+1. The molecule has 4 nitrogen and oxygen atoms in total. The minimum Gasteiger partial charge on any atom is -0.233 e. The molecule has 1 heterocycles. The van der Waals surface area contributed by atoms with E-state index in [9.17, 15) is 8.42 Å². The Morgan fingerprint density at radius 3 is 2.92 bits per heavy atom. The molecule has 0 saturated heterocycles. The molecule has 0 radical (unpaired) electrons. The lowest BCUT2D eigenvalue weighted by atomic mass is 10.6. The number of imidazole rings is 1. The maximum atomic E-state index is 10.6. The van der Waals surface area contributed by atoms with E-state index in [4.69, 9.17) is 0 Å². The monoisotopic (exact) mass is 199 g/mol. The molecule has 0 unspecified atom stereocenters. The second-order valence-corrected chi connectivity index (χ2v) is 3.62. The van der Waals surface area contributed by atoms with Crippen LogP contribution in [0.15, 0.2) is 31.4 Å². The van der Waals surface area contributed by atoms with E-state index in [2.05, 4.69) is 6.58 Å². The first-order valence-electron chi connectivity index (χ1n) is 3.76. The summed E-state index contributed by atoms with van der Waals surface area (Å²) >= 11 is 0. The van der Waals surface area contributed by atoms with E-state index in [-0.39, 0.29) is 4.99 Å². The summed E-state index contributed by atoms with van der Waals surface area (Å²) in [7, 11) is -2.16. The van der Waals surface area contributed by atoms with Gasteiger partial charge in [-0.1, -0.05) is 12.7 Å². The average Bonchev–Trinajstić information content (AvgIpc) is 2.52. The van der Waals surface area contributed by atoms with E-state index in [0.29, 0.717) is 6.54 Å². The molecule has 1 aromatic rings. The third kappa shape index (κ3) is 2.29. The van der Waals surface area contributed by atoms with Crippen LogP contribution in [0.4, 0.5) is 0 Å². The smallest absolute Gasteiger partial charge is 0.233 e. The molecule has 0 atom stereocenters. The minimum absolute atomic E-state index is 0.280. The van der Waals surface area contributed by atoms with Gasteiger partial charge in [0.2, 0.25) is 11.3 Å². The molecule has 0 fully saturated rings. The molecule has 0 aliphatic heterocycles. The van der Waals surface area contributed by atoms with Crippen molar-refractivity contribution in [1.82, 2.24) is 4.57 Å². The molecule has 70 valence electrons. The maximum Gasteiger partial charge on any atom is 0.257 e. The summed E-state index contributed by atoms with van der Waals surface area (Å²) < 4.78 is 24.5. The molecule has 1 rings (SSSR count). The van der Waals surface area contributed by atoms with Crippen molar-refractivity contribution in [3.05, 3.63) is 31.4 Å². The van der Waals surface area contributed by atoms with Gasteiger partial charge in [0.1, 0.15) is 18.9 Å². The van der Waals surface area contributed by atoms with Crippen molar-refractivity contribution in [1.29, 1.82) is 0 Å². The molecule has 0 aliphatic rings. The average molecular weight is 199 g/mol. The molecule has 1 aromatic heterocycles. The summed E-state index contributed by atoms with van der Waals surface area (Å²) in [6.45, 7) is 5.80. The fraction of sp³-hybridized carbons (Fsp3) is 0.250. The molecule has 0 spiro atoms. The number of hydrogen-bond donors (Lipinski definition) is 0. The molecular formula is C8H11N2O2S+. The first-order valence-corrected chi connectivity index (χ1v) is 4.83. The third-order valence-corrected chi connectivity index (χ3v) is 2.33. The Bertz CT molecular complexity index is 434. The van der Waals surface area contributed by atoms with Crippen LogP contribution in [0, 0.1) is 0 Å². The highest BCUT2D eigenvalue weighted by Crippen LogP contribution is 1.84. The van der Waals surface area contributed by atoms with E-state index >= 15 is 0 Å². The highest BCUT2D eigenvalue weighted by molar-refractivity contribution is 7.72. The fourth-order valence-electron chi connectivity index (χ4n) is 0.924. The second kappa shape index (κ2) is 4.04. The van der Waals surface area contributed by atoms with Crippen LogP contribution in [0.1, 0.15) is 6.92 Å². The summed E-state index contributed by atoms with van der Waals surface area (Å²) in [5.74, 6) is 0. The van der Waals surface area contributed by atoms with Gasteiger partial charge in [0.15, 0.2) is 0 Å². The summed E-state index contributed by atoms with van der Waals surface area (Å²) in [5, 5.41) is 0. The quantitative estimate of drug-likeness (QED) is 0.377. The van der Waals surface area contributed by atoms with Crippen molar-refractivity contribution >= 4 is 15.3 Å². The Kier molecular flexibility index (Phi) is 3.02. The van der Waals surface area contributed by atoms with Gasteiger partial charge in [0.05, 0.1) is 0 Å². The van der Waals surface area contributed by atoms with Gasteiger partial charge in [-0.2, -0.15) is 13.0 Å². The van der Waals surface area contributed by atoms with Gasteiger partial charge in [-0.3, -0.25) is 0 Å². The molecule has 0 bridgehead atoms. The highest BCUT2D eigenvalue weighted by atomic mass is 32.2. The third-order valence-electron chi connectivity index (χ3n) is 1.64. The number of allylic oxidation sites excluding steroid dienone is 1. The van der Waals surface area contributed by atoms with Gasteiger partial charge < -0.3 is 0 Å². The van der Waals surface area contributed by atoms with Gasteiger partial charge >= 0.3 is 0 Å². The summed E-state index contributed by atoms with van der Waals surface area (Å²) in [6.07, 6.45) is 6.92. The zero-order valence-electron chi connectivity index (χ0n) is 7.34. The van der Waals surface area contributed by atoms with Crippen LogP contribution in [0.5, 0.6) is 0 Å². The van der Waals surface area contributed by atoms with Gasteiger partial charge in [0.25, 0.3) is 10.3 Å². The summed E-state index contributed by atoms with van der Waals surface area (Å²) in [4.78, 5) is 0.280. The number of nitrogens with zero attached hydrogens (tertiary/aromatic N) is 2. The van der Waals surface area contributed by atoms with Gasteiger partial charge in [-0.05, 0) is 0 Å². The lowest BCUT2D eigenvalue weighted by Crippen LogP contribution is -2.30. The van der Waals surface area contributed by atoms with Crippen LogP contribution in [0.3, 0.4) is 0 Å². The normalized spacial score (nSPS) is 9.62. The molecule has 5 heteroatoms. The maximum absolute atomic E-state index is 10.6. The Labute approximate surface area is 78.3 Å². The van der Waals surface area contributed by atoms with E-state index in [1.54, 1.807) is 36.3 Å². The highest BCUT2D eigenvalue weighted by Gasteiger charge is 2.05. The predicted octanol–water partition coefficient (Wildman–Crippen LogP) is -0.161. The Morgan fingerprint density at radius 2 is 2.38 bits per heavy atom. The molecule has 13 heavy (non-hydrogen) atoms. The lowest BCUT2D eigenvalue weighted by molar-refractivity contribution is -0.686. The molecule has 0 amide bonds. The fourth-order valence-corrected chi connectivity index (χ4v) is 1.20. The second-order valence-electron chi connectivity index (χ2n) is 2.56. The first kappa shape index (κ1) is 9.73. The number of hydrogen-bond acceptors (Lipinski definition) is 2. The summed E-state index contributed by atoms with van der Waals surface area (Å²) in [5.41, 5.74) is 0. The Balaban J connectivity index is 3.06. The predicted molar refractivity (Wildman–Crippen MR) is 49.8 cm³/mol. The van der Waals surface area contributed by atoms with Crippen LogP contribution < -0.4 is 4.57 Å². The van der Waals surface area contributed by atoms with Crippen molar-refractivity contribution in [3.63, 3.8) is 0 Å². The number of aromatic nitrogens is 2. The van der Waals surface area contributed by atoms with E-state index in [1.807, 2.05) is 4.57 Å². The molecular weight excluding hydrogens is 188 g/mol. The Hall–Kier alpha value is -1.36. The minimum atomic E-state index is -2.16. The molecule has 0 aromatic carbocycles. The van der Waals surface area contributed by atoms with Crippen LogP contribution in [-0.4, -0.2) is 18.0 Å². The molecule has 0 N–H and O–H groups in total. The Morgan fingerprint density at radius 1 is 1.69 bits per heavy atom. The van der Waals surface area contributed by atoms with Crippen molar-refractivity contribution in [2.75, 3.05) is 0 Å². The van der Waals surface area contributed by atoms with Gasteiger partial charge in [-0.25, -0.2) is 4.57 Å². The van der Waals surface area contributed by atoms with E-state index in [0.717, 1.165) is 0 Å². The van der Waals surface area contributed by atoms with E-state index < -0.39 is 10.3 Å². The van der Waals surface area contributed by atoms with Gasteiger partial charge in [0, 0.05) is 6.92 Å². The SMILES string of the molecule is C=CC[n+]1ccn(C(C)=S(=O)=O)c1. The van der Waals surface area contributed by atoms with Gasteiger partial charge in [-0.15, -0.1) is 0 Å². The zero-order chi connectivity index (χ0) is 9.84. The summed E-state index contributed by atoms with van der Waals surface area (Å²) in [6, 6.07) is 0. The van der Waals surface area contributed by atoms with Crippen molar-refractivity contribution < 1.29 is 13.0 Å². The topological polar surface area (TPSA) is 43.0 Å². The van der Waals surface area contributed by atoms with Crippen molar-refractivity contribution in [3.8, 4) is 0 Å². The number of rotatable bonds is 2.